The van der Waals surface area contributed by atoms with Crippen LogP contribution in [0.4, 0.5) is 5.69 Å². The highest BCUT2D eigenvalue weighted by molar-refractivity contribution is 5.96. The SMILES string of the molecule is CCCNC(=O)c1ccc(NC(=O)CNCCc2ccccc2)cc1. The first-order chi connectivity index (χ1) is 12.2. The van der Waals surface area contributed by atoms with E-state index in [0.717, 1.165) is 19.4 Å². The Bertz CT molecular complexity index is 669. The third-order valence-corrected chi connectivity index (χ3v) is 3.69. The van der Waals surface area contributed by atoms with Crippen LogP contribution < -0.4 is 16.0 Å². The van der Waals surface area contributed by atoms with E-state index in [1.165, 1.54) is 5.56 Å². The molecule has 2 aromatic carbocycles. The Hall–Kier alpha value is -2.66. The number of hydrogen-bond acceptors (Lipinski definition) is 3. The van der Waals surface area contributed by atoms with Gasteiger partial charge >= 0.3 is 0 Å². The van der Waals surface area contributed by atoms with Crippen molar-refractivity contribution in [3.63, 3.8) is 0 Å². The maximum absolute atomic E-state index is 11.9. The third kappa shape index (κ3) is 6.77. The van der Waals surface area contributed by atoms with Crippen molar-refractivity contribution in [2.45, 2.75) is 19.8 Å². The van der Waals surface area contributed by atoms with Gasteiger partial charge in [0.1, 0.15) is 0 Å². The Morgan fingerprint density at radius 3 is 2.32 bits per heavy atom. The summed E-state index contributed by atoms with van der Waals surface area (Å²) in [7, 11) is 0. The predicted octanol–water partition coefficient (Wildman–Crippen LogP) is 2.60. The number of benzene rings is 2. The quantitative estimate of drug-likeness (QED) is 0.615. The minimum Gasteiger partial charge on any atom is -0.352 e. The van der Waals surface area contributed by atoms with Crippen molar-refractivity contribution in [2.24, 2.45) is 0 Å². The van der Waals surface area contributed by atoms with E-state index in [0.29, 0.717) is 17.8 Å². The Balaban J connectivity index is 1.70. The summed E-state index contributed by atoms with van der Waals surface area (Å²) in [6, 6.07) is 17.0. The molecule has 0 atom stereocenters. The van der Waals surface area contributed by atoms with Gasteiger partial charge in [0, 0.05) is 17.8 Å². The molecule has 0 aliphatic carbocycles. The van der Waals surface area contributed by atoms with E-state index >= 15 is 0 Å². The van der Waals surface area contributed by atoms with Gasteiger partial charge in [-0.2, -0.15) is 0 Å². The van der Waals surface area contributed by atoms with E-state index in [1.54, 1.807) is 24.3 Å². The van der Waals surface area contributed by atoms with E-state index < -0.39 is 0 Å². The second-order valence-electron chi connectivity index (χ2n) is 5.79. The number of rotatable bonds is 9. The Kier molecular flexibility index (Phi) is 7.66. The predicted molar refractivity (Wildman–Crippen MR) is 101 cm³/mol. The Labute approximate surface area is 148 Å². The maximum Gasteiger partial charge on any atom is 0.251 e. The average Bonchev–Trinajstić information content (AvgIpc) is 2.65. The van der Waals surface area contributed by atoms with Gasteiger partial charge in [-0.1, -0.05) is 37.3 Å². The molecule has 5 nitrogen and oxygen atoms in total. The standard InChI is InChI=1S/C20H25N3O2/c1-2-13-22-20(25)17-8-10-18(11-9-17)23-19(24)15-21-14-12-16-6-4-3-5-7-16/h3-11,21H,2,12-15H2,1H3,(H,22,25)(H,23,24). The molecule has 2 aromatic rings. The van der Waals surface area contributed by atoms with Crippen LogP contribution in [0.5, 0.6) is 0 Å². The molecule has 2 rings (SSSR count). The molecule has 0 heterocycles. The summed E-state index contributed by atoms with van der Waals surface area (Å²) < 4.78 is 0. The molecule has 0 saturated heterocycles. The van der Waals surface area contributed by atoms with Crippen LogP contribution in [0.15, 0.2) is 54.6 Å². The van der Waals surface area contributed by atoms with Crippen LogP contribution in [0, 0.1) is 0 Å². The largest absolute Gasteiger partial charge is 0.352 e. The topological polar surface area (TPSA) is 70.2 Å². The van der Waals surface area contributed by atoms with E-state index in [-0.39, 0.29) is 18.4 Å². The lowest BCUT2D eigenvalue weighted by molar-refractivity contribution is -0.115. The number of nitrogens with one attached hydrogen (secondary N) is 3. The van der Waals surface area contributed by atoms with Crippen LogP contribution in [0.25, 0.3) is 0 Å². The second kappa shape index (κ2) is 10.3. The molecule has 2 amide bonds. The first-order valence-corrected chi connectivity index (χ1v) is 8.62. The van der Waals surface area contributed by atoms with Gasteiger partial charge in [0.25, 0.3) is 5.91 Å². The summed E-state index contributed by atoms with van der Waals surface area (Å²) in [6.45, 7) is 3.66. The Morgan fingerprint density at radius 2 is 1.64 bits per heavy atom. The normalized spacial score (nSPS) is 10.3. The van der Waals surface area contributed by atoms with Gasteiger partial charge in [-0.25, -0.2) is 0 Å². The molecule has 0 radical (unpaired) electrons. The molecule has 0 aliphatic rings. The summed E-state index contributed by atoms with van der Waals surface area (Å²) in [5.74, 6) is -0.196. The summed E-state index contributed by atoms with van der Waals surface area (Å²) >= 11 is 0. The van der Waals surface area contributed by atoms with E-state index in [4.69, 9.17) is 0 Å². The highest BCUT2D eigenvalue weighted by atomic mass is 16.2. The zero-order valence-corrected chi connectivity index (χ0v) is 14.5. The van der Waals surface area contributed by atoms with Crippen molar-refractivity contribution < 1.29 is 9.59 Å². The van der Waals surface area contributed by atoms with E-state index in [2.05, 4.69) is 28.1 Å². The maximum atomic E-state index is 11.9. The number of anilines is 1. The lowest BCUT2D eigenvalue weighted by Crippen LogP contribution is -2.29. The number of carbonyl (C=O) groups is 2. The van der Waals surface area contributed by atoms with Crippen molar-refractivity contribution in [1.82, 2.24) is 10.6 Å². The van der Waals surface area contributed by atoms with Crippen molar-refractivity contribution in [2.75, 3.05) is 25.0 Å². The monoisotopic (exact) mass is 339 g/mol. The lowest BCUT2D eigenvalue weighted by atomic mass is 10.1. The van der Waals surface area contributed by atoms with Crippen LogP contribution in [0.1, 0.15) is 29.3 Å². The van der Waals surface area contributed by atoms with Crippen LogP contribution >= 0.6 is 0 Å². The summed E-state index contributed by atoms with van der Waals surface area (Å²) in [5.41, 5.74) is 2.52. The van der Waals surface area contributed by atoms with Crippen molar-refractivity contribution in [3.8, 4) is 0 Å². The van der Waals surface area contributed by atoms with Gasteiger partial charge < -0.3 is 16.0 Å². The van der Waals surface area contributed by atoms with Gasteiger partial charge in [-0.05, 0) is 49.2 Å². The van der Waals surface area contributed by atoms with Gasteiger partial charge in [-0.3, -0.25) is 9.59 Å². The molecule has 5 heteroatoms. The fraction of sp³-hybridized carbons (Fsp3) is 0.300. The number of amides is 2. The number of hydrogen-bond donors (Lipinski definition) is 3. The molecule has 0 fully saturated rings. The zero-order valence-electron chi connectivity index (χ0n) is 14.5. The molecule has 0 aliphatic heterocycles. The molecular formula is C20H25N3O2. The molecule has 3 N–H and O–H groups in total. The first kappa shape index (κ1) is 18.7. The lowest BCUT2D eigenvalue weighted by Gasteiger charge is -2.08. The summed E-state index contributed by atoms with van der Waals surface area (Å²) in [5, 5.41) is 8.77. The molecule has 0 spiro atoms. The molecule has 132 valence electrons. The fourth-order valence-corrected chi connectivity index (χ4v) is 2.33. The molecule has 0 saturated carbocycles. The highest BCUT2D eigenvalue weighted by Crippen LogP contribution is 2.09. The van der Waals surface area contributed by atoms with Gasteiger partial charge in [0.05, 0.1) is 6.54 Å². The molecular weight excluding hydrogens is 314 g/mol. The van der Waals surface area contributed by atoms with Gasteiger partial charge in [0.15, 0.2) is 0 Å². The summed E-state index contributed by atoms with van der Waals surface area (Å²) in [4.78, 5) is 23.8. The first-order valence-electron chi connectivity index (χ1n) is 8.62. The third-order valence-electron chi connectivity index (χ3n) is 3.69. The smallest absolute Gasteiger partial charge is 0.251 e. The fourth-order valence-electron chi connectivity index (χ4n) is 2.33. The highest BCUT2D eigenvalue weighted by Gasteiger charge is 2.06. The van der Waals surface area contributed by atoms with Crippen molar-refractivity contribution in [3.05, 3.63) is 65.7 Å². The molecule has 0 unspecified atom stereocenters. The molecule has 0 aromatic heterocycles. The van der Waals surface area contributed by atoms with Crippen LogP contribution in [-0.2, 0) is 11.2 Å². The van der Waals surface area contributed by atoms with Gasteiger partial charge in [-0.15, -0.1) is 0 Å². The Morgan fingerprint density at radius 1 is 0.920 bits per heavy atom. The average molecular weight is 339 g/mol. The van der Waals surface area contributed by atoms with Crippen LogP contribution in [-0.4, -0.2) is 31.4 Å². The van der Waals surface area contributed by atoms with Crippen molar-refractivity contribution >= 4 is 17.5 Å². The van der Waals surface area contributed by atoms with Crippen LogP contribution in [0.2, 0.25) is 0 Å². The second-order valence-corrected chi connectivity index (χ2v) is 5.79. The zero-order chi connectivity index (χ0) is 17.9. The minimum absolute atomic E-state index is 0.0951. The van der Waals surface area contributed by atoms with E-state index in [9.17, 15) is 9.59 Å². The number of carbonyl (C=O) groups excluding carboxylic acids is 2. The van der Waals surface area contributed by atoms with Gasteiger partial charge in [0.2, 0.25) is 5.91 Å². The summed E-state index contributed by atoms with van der Waals surface area (Å²) in [6.07, 6.45) is 1.78. The minimum atomic E-state index is -0.101. The van der Waals surface area contributed by atoms with Crippen molar-refractivity contribution in [1.29, 1.82) is 0 Å². The molecule has 25 heavy (non-hydrogen) atoms. The van der Waals surface area contributed by atoms with Crippen LogP contribution in [0.3, 0.4) is 0 Å². The van der Waals surface area contributed by atoms with E-state index in [1.807, 2.05) is 25.1 Å². The molecule has 0 bridgehead atoms.